The summed E-state index contributed by atoms with van der Waals surface area (Å²) >= 11 is 0. The van der Waals surface area contributed by atoms with Crippen molar-refractivity contribution in [2.75, 3.05) is 10.4 Å². The zero-order valence-electron chi connectivity index (χ0n) is 11.9. The largest absolute Gasteiger partial charge is 0.366 e. The molecule has 108 valence electrons. The molecule has 22 heavy (non-hydrogen) atoms. The van der Waals surface area contributed by atoms with Crippen LogP contribution in [0.1, 0.15) is 15.9 Å². The summed E-state index contributed by atoms with van der Waals surface area (Å²) in [7, 11) is 0. The van der Waals surface area contributed by atoms with Crippen LogP contribution in [0.4, 0.5) is 11.4 Å². The number of carbonyl (C=O) groups excluding carboxylic acids is 1. The average molecular weight is 289 g/mol. The van der Waals surface area contributed by atoms with E-state index in [4.69, 9.17) is 5.73 Å². The summed E-state index contributed by atoms with van der Waals surface area (Å²) in [4.78, 5) is 11.3. The summed E-state index contributed by atoms with van der Waals surface area (Å²) in [6, 6.07) is 20.1. The van der Waals surface area contributed by atoms with E-state index in [9.17, 15) is 4.79 Å². The van der Waals surface area contributed by atoms with Crippen LogP contribution in [0.3, 0.4) is 0 Å². The number of fused-ring (bicyclic) bond motifs is 2. The Morgan fingerprint density at radius 3 is 2.64 bits per heavy atom. The topological polar surface area (TPSA) is 58.4 Å². The minimum Gasteiger partial charge on any atom is -0.366 e. The number of amides is 1. The van der Waals surface area contributed by atoms with Gasteiger partial charge in [0.25, 0.3) is 0 Å². The van der Waals surface area contributed by atoms with Crippen LogP contribution in [-0.2, 0) is 6.54 Å². The fourth-order valence-electron chi connectivity index (χ4n) is 2.84. The highest BCUT2D eigenvalue weighted by molar-refractivity contribution is 5.94. The molecule has 0 aromatic heterocycles. The van der Waals surface area contributed by atoms with Crippen LogP contribution in [0.2, 0.25) is 0 Å². The number of nitrogens with zero attached hydrogens (tertiary/aromatic N) is 1. The summed E-state index contributed by atoms with van der Waals surface area (Å²) in [6.45, 7) is 0.703. The van der Waals surface area contributed by atoms with Crippen LogP contribution < -0.4 is 16.2 Å². The van der Waals surface area contributed by atoms with Gasteiger partial charge in [-0.05, 0) is 46.7 Å². The van der Waals surface area contributed by atoms with Crippen LogP contribution >= 0.6 is 0 Å². The Kier molecular flexibility index (Phi) is 2.76. The number of hydrogen-bond donors (Lipinski definition) is 2. The third kappa shape index (κ3) is 2.05. The molecule has 0 spiro atoms. The highest BCUT2D eigenvalue weighted by Gasteiger charge is 2.19. The number of benzene rings is 3. The van der Waals surface area contributed by atoms with Crippen molar-refractivity contribution in [3.8, 4) is 0 Å². The number of carbonyl (C=O) groups is 1. The Morgan fingerprint density at radius 2 is 1.82 bits per heavy atom. The number of anilines is 2. The Bertz CT molecular complexity index is 888. The van der Waals surface area contributed by atoms with Crippen molar-refractivity contribution in [3.05, 3.63) is 71.8 Å². The molecule has 0 fully saturated rings. The van der Waals surface area contributed by atoms with Gasteiger partial charge >= 0.3 is 0 Å². The second kappa shape index (κ2) is 4.77. The van der Waals surface area contributed by atoms with Crippen molar-refractivity contribution < 1.29 is 4.79 Å². The second-order valence-corrected chi connectivity index (χ2v) is 5.47. The molecule has 0 unspecified atom stereocenters. The first-order chi connectivity index (χ1) is 10.7. The van der Waals surface area contributed by atoms with Gasteiger partial charge in [-0.25, -0.2) is 0 Å². The number of primary amides is 1. The molecule has 4 rings (SSSR count). The quantitative estimate of drug-likeness (QED) is 0.761. The molecular formula is C18H15N3O. The molecule has 0 aliphatic carbocycles. The molecule has 0 atom stereocenters. The maximum atomic E-state index is 11.3. The third-order valence-electron chi connectivity index (χ3n) is 4.02. The molecule has 0 radical (unpaired) electrons. The fraction of sp³-hybridized carbons (Fsp3) is 0.0556. The van der Waals surface area contributed by atoms with Crippen molar-refractivity contribution >= 4 is 28.1 Å². The Labute approximate surface area is 128 Å². The van der Waals surface area contributed by atoms with E-state index >= 15 is 0 Å². The van der Waals surface area contributed by atoms with Crippen LogP contribution in [-0.4, -0.2) is 5.91 Å². The van der Waals surface area contributed by atoms with Gasteiger partial charge in [0.05, 0.1) is 17.9 Å². The molecule has 3 aromatic carbocycles. The monoisotopic (exact) mass is 289 g/mol. The molecule has 1 aliphatic rings. The van der Waals surface area contributed by atoms with Gasteiger partial charge in [0, 0.05) is 5.56 Å². The molecule has 0 saturated carbocycles. The summed E-state index contributed by atoms with van der Waals surface area (Å²) in [5, 5.41) is 4.50. The van der Waals surface area contributed by atoms with Gasteiger partial charge in [-0.1, -0.05) is 30.3 Å². The molecule has 1 amide bonds. The normalized spacial score (nSPS) is 13.0. The maximum Gasteiger partial charge on any atom is 0.248 e. The van der Waals surface area contributed by atoms with E-state index in [-0.39, 0.29) is 0 Å². The lowest BCUT2D eigenvalue weighted by atomic mass is 10.1. The minimum atomic E-state index is -0.396. The Morgan fingerprint density at radius 1 is 1.00 bits per heavy atom. The molecule has 3 N–H and O–H groups in total. The van der Waals surface area contributed by atoms with Crippen molar-refractivity contribution in [2.24, 2.45) is 5.73 Å². The van der Waals surface area contributed by atoms with Crippen LogP contribution in [0.15, 0.2) is 60.7 Å². The first-order valence-corrected chi connectivity index (χ1v) is 7.16. The van der Waals surface area contributed by atoms with Gasteiger partial charge in [-0.3, -0.25) is 15.2 Å². The van der Waals surface area contributed by atoms with Crippen LogP contribution in [0.25, 0.3) is 10.8 Å². The van der Waals surface area contributed by atoms with Gasteiger partial charge in [0.15, 0.2) is 0 Å². The predicted molar refractivity (Wildman–Crippen MR) is 88.7 cm³/mol. The van der Waals surface area contributed by atoms with E-state index in [0.717, 1.165) is 16.9 Å². The number of rotatable bonds is 2. The molecular weight excluding hydrogens is 274 g/mol. The number of hydrogen-bond acceptors (Lipinski definition) is 3. The fourth-order valence-corrected chi connectivity index (χ4v) is 2.84. The van der Waals surface area contributed by atoms with Crippen LogP contribution in [0, 0.1) is 0 Å². The van der Waals surface area contributed by atoms with Crippen molar-refractivity contribution in [2.45, 2.75) is 6.54 Å². The molecule has 0 saturated heterocycles. The SMILES string of the molecule is NC(=O)c1ccc2c(c1)CN(c1ccc3ccccc3c1)N2. The van der Waals surface area contributed by atoms with Crippen LogP contribution in [0.5, 0.6) is 0 Å². The lowest BCUT2D eigenvalue weighted by Crippen LogP contribution is -2.22. The Balaban J connectivity index is 1.68. The van der Waals surface area contributed by atoms with Crippen molar-refractivity contribution in [1.29, 1.82) is 0 Å². The first kappa shape index (κ1) is 12.7. The van der Waals surface area contributed by atoms with E-state index in [1.807, 2.05) is 24.3 Å². The first-order valence-electron chi connectivity index (χ1n) is 7.16. The predicted octanol–water partition coefficient (Wildman–Crippen LogP) is 3.29. The average Bonchev–Trinajstić information content (AvgIpc) is 2.97. The minimum absolute atomic E-state index is 0.396. The molecule has 1 heterocycles. The van der Waals surface area contributed by atoms with Crippen molar-refractivity contribution in [3.63, 3.8) is 0 Å². The van der Waals surface area contributed by atoms with E-state index in [1.54, 1.807) is 6.07 Å². The number of nitrogens with one attached hydrogen (secondary N) is 1. The highest BCUT2D eigenvalue weighted by atomic mass is 16.1. The maximum absolute atomic E-state index is 11.3. The smallest absolute Gasteiger partial charge is 0.248 e. The zero-order valence-corrected chi connectivity index (χ0v) is 11.9. The van der Waals surface area contributed by atoms with Gasteiger partial charge in [-0.15, -0.1) is 0 Å². The van der Waals surface area contributed by atoms with Gasteiger partial charge in [0.1, 0.15) is 0 Å². The third-order valence-corrected chi connectivity index (χ3v) is 4.02. The van der Waals surface area contributed by atoms with E-state index in [2.05, 4.69) is 40.8 Å². The molecule has 3 aromatic rings. The number of hydrazine groups is 1. The van der Waals surface area contributed by atoms with Gasteiger partial charge in [-0.2, -0.15) is 0 Å². The molecule has 0 bridgehead atoms. The zero-order chi connectivity index (χ0) is 15.1. The van der Waals surface area contributed by atoms with Gasteiger partial charge < -0.3 is 5.73 Å². The molecule has 4 nitrogen and oxygen atoms in total. The standard InChI is InChI=1S/C18H15N3O/c19-18(22)14-6-8-17-15(9-14)11-21(20-17)16-7-5-12-3-1-2-4-13(12)10-16/h1-10,20H,11H2,(H2,19,22). The summed E-state index contributed by atoms with van der Waals surface area (Å²) in [6.07, 6.45) is 0. The second-order valence-electron chi connectivity index (χ2n) is 5.47. The summed E-state index contributed by atoms with van der Waals surface area (Å²) in [5.74, 6) is -0.396. The highest BCUT2D eigenvalue weighted by Crippen LogP contribution is 2.31. The lowest BCUT2D eigenvalue weighted by molar-refractivity contribution is 0.1000. The van der Waals surface area contributed by atoms with Crippen molar-refractivity contribution in [1.82, 2.24) is 0 Å². The molecule has 1 aliphatic heterocycles. The lowest BCUT2D eigenvalue weighted by Gasteiger charge is -2.19. The van der Waals surface area contributed by atoms with E-state index < -0.39 is 5.91 Å². The Hall–Kier alpha value is -3.01. The van der Waals surface area contributed by atoms with E-state index in [1.165, 1.54) is 10.8 Å². The summed E-state index contributed by atoms with van der Waals surface area (Å²) < 4.78 is 0. The summed E-state index contributed by atoms with van der Waals surface area (Å²) in [5.41, 5.74) is 12.4. The number of nitrogens with two attached hydrogens (primary N) is 1. The molecule has 4 heteroatoms. The van der Waals surface area contributed by atoms with Gasteiger partial charge in [0.2, 0.25) is 5.91 Å². The van der Waals surface area contributed by atoms with E-state index in [0.29, 0.717) is 12.1 Å².